The zero-order valence-corrected chi connectivity index (χ0v) is 19.9. The molecule has 2 fully saturated rings. The van der Waals surface area contributed by atoms with Crippen LogP contribution in [0.1, 0.15) is 17.5 Å². The number of aryl methyl sites for hydroxylation is 2. The second-order valence-corrected chi connectivity index (χ2v) is 9.04. The molecule has 0 spiro atoms. The zero-order valence-electron chi connectivity index (χ0n) is 19.9. The molecule has 1 unspecified atom stereocenters. The van der Waals surface area contributed by atoms with Gasteiger partial charge in [-0.15, -0.1) is 0 Å². The molecule has 2 saturated heterocycles. The maximum atomic E-state index is 13.2. The first-order chi connectivity index (χ1) is 16.4. The van der Waals surface area contributed by atoms with Crippen LogP contribution < -0.4 is 15.5 Å². The zero-order chi connectivity index (χ0) is 24.1. The van der Waals surface area contributed by atoms with E-state index in [0.717, 1.165) is 37.3 Å². The molecule has 0 saturated carbocycles. The van der Waals surface area contributed by atoms with Crippen LogP contribution in [-0.2, 0) is 14.4 Å². The van der Waals surface area contributed by atoms with Crippen LogP contribution in [0.3, 0.4) is 0 Å². The van der Waals surface area contributed by atoms with Crippen molar-refractivity contribution in [2.75, 3.05) is 56.0 Å². The number of nitrogens with zero attached hydrogens (tertiary/aromatic N) is 3. The van der Waals surface area contributed by atoms with Crippen molar-refractivity contribution in [3.8, 4) is 0 Å². The summed E-state index contributed by atoms with van der Waals surface area (Å²) in [6.07, 6.45) is -0.0632. The highest BCUT2D eigenvalue weighted by Gasteiger charge is 2.35. The fourth-order valence-corrected chi connectivity index (χ4v) is 4.51. The van der Waals surface area contributed by atoms with E-state index >= 15 is 0 Å². The monoisotopic (exact) mass is 463 g/mol. The van der Waals surface area contributed by atoms with E-state index in [1.165, 1.54) is 5.69 Å². The summed E-state index contributed by atoms with van der Waals surface area (Å²) in [5.41, 5.74) is 4.11. The molecular weight excluding hydrogens is 430 g/mol. The lowest BCUT2D eigenvalue weighted by Gasteiger charge is -2.39. The normalized spacial score (nSPS) is 19.0. The summed E-state index contributed by atoms with van der Waals surface area (Å²) in [7, 11) is 0. The average Bonchev–Trinajstić information content (AvgIpc) is 2.83. The van der Waals surface area contributed by atoms with Crippen molar-refractivity contribution < 1.29 is 14.4 Å². The molecule has 2 aliphatic rings. The predicted molar refractivity (Wildman–Crippen MR) is 133 cm³/mol. The predicted octanol–water partition coefficient (Wildman–Crippen LogP) is 1.78. The van der Waals surface area contributed by atoms with Gasteiger partial charge in [-0.05, 0) is 49.2 Å². The Balaban J connectivity index is 1.33. The molecule has 4 rings (SSSR count). The minimum atomic E-state index is -0.793. The largest absolute Gasteiger partial charge is 0.369 e. The van der Waals surface area contributed by atoms with Crippen molar-refractivity contribution >= 4 is 29.1 Å². The number of piperazine rings is 2. The average molecular weight is 464 g/mol. The Morgan fingerprint density at radius 1 is 0.971 bits per heavy atom. The molecule has 0 aliphatic carbocycles. The molecule has 8 heteroatoms. The lowest BCUT2D eigenvalue weighted by Crippen LogP contribution is -2.60. The summed E-state index contributed by atoms with van der Waals surface area (Å²) >= 11 is 0. The van der Waals surface area contributed by atoms with Gasteiger partial charge in [0.2, 0.25) is 17.7 Å². The summed E-state index contributed by atoms with van der Waals surface area (Å²) in [4.78, 5) is 44.5. The lowest BCUT2D eigenvalue weighted by atomic mass is 10.1. The van der Waals surface area contributed by atoms with Crippen molar-refractivity contribution in [3.63, 3.8) is 0 Å². The molecule has 2 N–H and O–H groups in total. The third-order valence-corrected chi connectivity index (χ3v) is 6.67. The number of anilines is 2. The summed E-state index contributed by atoms with van der Waals surface area (Å²) in [6, 6.07) is 15.2. The molecule has 2 aliphatic heterocycles. The van der Waals surface area contributed by atoms with Gasteiger partial charge in [0, 0.05) is 50.6 Å². The Kier molecular flexibility index (Phi) is 7.47. The molecule has 0 aromatic heterocycles. The molecule has 2 aromatic carbocycles. The molecule has 180 valence electrons. The third-order valence-electron chi connectivity index (χ3n) is 6.67. The van der Waals surface area contributed by atoms with Gasteiger partial charge in [0.15, 0.2) is 0 Å². The van der Waals surface area contributed by atoms with Gasteiger partial charge in [-0.2, -0.15) is 0 Å². The van der Waals surface area contributed by atoms with Crippen molar-refractivity contribution in [1.29, 1.82) is 0 Å². The first kappa shape index (κ1) is 23.8. The Labute approximate surface area is 200 Å². The Hall–Kier alpha value is -3.39. The van der Waals surface area contributed by atoms with Crippen molar-refractivity contribution in [2.24, 2.45) is 0 Å². The van der Waals surface area contributed by atoms with E-state index in [4.69, 9.17) is 0 Å². The van der Waals surface area contributed by atoms with Gasteiger partial charge in [-0.1, -0.05) is 24.3 Å². The number of carbonyl (C=O) groups is 3. The van der Waals surface area contributed by atoms with Gasteiger partial charge in [-0.25, -0.2) is 0 Å². The highest BCUT2D eigenvalue weighted by molar-refractivity contribution is 5.97. The van der Waals surface area contributed by atoms with E-state index in [0.29, 0.717) is 18.8 Å². The van der Waals surface area contributed by atoms with Crippen molar-refractivity contribution in [2.45, 2.75) is 26.3 Å². The number of benzene rings is 2. The quantitative estimate of drug-likeness (QED) is 0.682. The number of rotatable bonds is 6. The van der Waals surface area contributed by atoms with Crippen LogP contribution in [0.25, 0.3) is 0 Å². The first-order valence-corrected chi connectivity index (χ1v) is 11.9. The molecule has 0 radical (unpaired) electrons. The van der Waals surface area contributed by atoms with Gasteiger partial charge in [0.1, 0.15) is 6.04 Å². The van der Waals surface area contributed by atoms with Crippen LogP contribution in [0.5, 0.6) is 0 Å². The van der Waals surface area contributed by atoms with Crippen molar-refractivity contribution in [3.05, 3.63) is 59.7 Å². The van der Waals surface area contributed by atoms with Gasteiger partial charge < -0.3 is 20.4 Å². The number of hydrogen-bond acceptors (Lipinski definition) is 5. The van der Waals surface area contributed by atoms with E-state index in [2.05, 4.69) is 32.6 Å². The number of carbonyl (C=O) groups excluding carboxylic acids is 3. The van der Waals surface area contributed by atoms with E-state index in [-0.39, 0.29) is 30.7 Å². The molecule has 2 aromatic rings. The molecule has 0 bridgehead atoms. The Morgan fingerprint density at radius 3 is 2.41 bits per heavy atom. The summed E-state index contributed by atoms with van der Waals surface area (Å²) in [5.74, 6) is -0.657. The number of amides is 3. The molecule has 3 amide bonds. The minimum Gasteiger partial charge on any atom is -0.369 e. The van der Waals surface area contributed by atoms with E-state index in [1.807, 2.05) is 50.2 Å². The van der Waals surface area contributed by atoms with Crippen LogP contribution in [0, 0.1) is 13.8 Å². The minimum absolute atomic E-state index is 0.0632. The van der Waals surface area contributed by atoms with Gasteiger partial charge >= 0.3 is 0 Å². The van der Waals surface area contributed by atoms with E-state index in [1.54, 1.807) is 4.90 Å². The molecule has 2 heterocycles. The van der Waals surface area contributed by atoms with Crippen LogP contribution in [0.4, 0.5) is 11.4 Å². The summed E-state index contributed by atoms with van der Waals surface area (Å²) in [5, 5.41) is 5.66. The smallest absolute Gasteiger partial charge is 0.243 e. The maximum Gasteiger partial charge on any atom is 0.243 e. The SMILES string of the molecule is Cc1ccc(NC(=O)CC2C(=O)NCCN2C(=O)CN2CCN(c3ccccc3)CC2)cc1C. The second-order valence-electron chi connectivity index (χ2n) is 9.04. The van der Waals surface area contributed by atoms with Crippen LogP contribution in [0.15, 0.2) is 48.5 Å². The van der Waals surface area contributed by atoms with E-state index < -0.39 is 6.04 Å². The standard InChI is InChI=1S/C26H33N5O3/c1-19-8-9-21(16-20(19)2)28-24(32)17-23-26(34)27-10-11-31(23)25(33)18-29-12-14-30(15-13-29)22-6-4-3-5-7-22/h3-9,16,23H,10-15,17-18H2,1-2H3,(H,27,34)(H,28,32). The Bertz CT molecular complexity index is 1030. The Morgan fingerprint density at radius 2 is 1.71 bits per heavy atom. The second kappa shape index (κ2) is 10.7. The topological polar surface area (TPSA) is 85.0 Å². The summed E-state index contributed by atoms with van der Waals surface area (Å²) in [6.45, 7) is 8.32. The van der Waals surface area contributed by atoms with Gasteiger partial charge in [0.25, 0.3) is 0 Å². The van der Waals surface area contributed by atoms with Crippen LogP contribution in [-0.4, -0.2) is 79.4 Å². The third kappa shape index (κ3) is 5.75. The number of hydrogen-bond donors (Lipinski definition) is 2. The van der Waals surface area contributed by atoms with Crippen molar-refractivity contribution in [1.82, 2.24) is 15.1 Å². The van der Waals surface area contributed by atoms with Crippen LogP contribution in [0.2, 0.25) is 0 Å². The van der Waals surface area contributed by atoms with Crippen LogP contribution >= 0.6 is 0 Å². The highest BCUT2D eigenvalue weighted by Crippen LogP contribution is 2.18. The number of nitrogens with one attached hydrogen (secondary N) is 2. The fraction of sp³-hybridized carbons (Fsp3) is 0.423. The highest BCUT2D eigenvalue weighted by atomic mass is 16.2. The molecule has 1 atom stereocenters. The number of para-hydroxylation sites is 1. The molecular formula is C26H33N5O3. The summed E-state index contributed by atoms with van der Waals surface area (Å²) < 4.78 is 0. The maximum absolute atomic E-state index is 13.2. The first-order valence-electron chi connectivity index (χ1n) is 11.9. The molecule has 34 heavy (non-hydrogen) atoms. The lowest BCUT2D eigenvalue weighted by molar-refractivity contribution is -0.145. The van der Waals surface area contributed by atoms with Gasteiger partial charge in [0.05, 0.1) is 13.0 Å². The molecule has 8 nitrogen and oxygen atoms in total. The van der Waals surface area contributed by atoms with Gasteiger partial charge in [-0.3, -0.25) is 19.3 Å². The van der Waals surface area contributed by atoms with E-state index in [9.17, 15) is 14.4 Å². The fourth-order valence-electron chi connectivity index (χ4n) is 4.51.